The third-order valence-corrected chi connectivity index (χ3v) is 2.46. The Morgan fingerprint density at radius 1 is 1.38 bits per heavy atom. The highest BCUT2D eigenvalue weighted by Gasteiger charge is 2.43. The van der Waals surface area contributed by atoms with Crippen LogP contribution in [0.2, 0.25) is 0 Å². The Morgan fingerprint density at radius 3 is 2.15 bits per heavy atom. The second-order valence-electron chi connectivity index (χ2n) is 2.96. The van der Waals surface area contributed by atoms with Crippen molar-refractivity contribution in [3.63, 3.8) is 0 Å². The van der Waals surface area contributed by atoms with Crippen LogP contribution in [-0.2, 0) is 0 Å². The van der Waals surface area contributed by atoms with E-state index in [1.54, 1.807) is 6.92 Å². The largest absolute Gasteiger partial charge is 0.842 e. The molecule has 0 saturated carbocycles. The summed E-state index contributed by atoms with van der Waals surface area (Å²) in [6.07, 6.45) is 0. The van der Waals surface area contributed by atoms with E-state index in [1.807, 2.05) is 13.8 Å². The summed E-state index contributed by atoms with van der Waals surface area (Å²) >= 11 is 0. The molecule has 1 aliphatic heterocycles. The van der Waals surface area contributed by atoms with Gasteiger partial charge >= 0.3 is 6.03 Å². The Bertz CT molecular complexity index is 246. The zero-order valence-corrected chi connectivity index (χ0v) is 8.28. The lowest BCUT2D eigenvalue weighted by Gasteiger charge is -2.23. The first-order chi connectivity index (χ1) is 6.11. The maximum atomic E-state index is 11.7. The van der Waals surface area contributed by atoms with E-state index < -0.39 is 6.02 Å². The van der Waals surface area contributed by atoms with Crippen molar-refractivity contribution in [2.75, 3.05) is 19.6 Å². The molecule has 0 spiro atoms. The fourth-order valence-electron chi connectivity index (χ4n) is 1.47. The smallest absolute Gasteiger partial charge is 0.450 e. The molecule has 1 rings (SSSR count). The van der Waals surface area contributed by atoms with E-state index in [-0.39, 0.29) is 10.6 Å². The molecule has 1 heterocycles. The van der Waals surface area contributed by atoms with Crippen molar-refractivity contribution >= 4 is 12.1 Å². The van der Waals surface area contributed by atoms with Crippen LogP contribution in [0.4, 0.5) is 4.79 Å². The summed E-state index contributed by atoms with van der Waals surface area (Å²) in [5.41, 5.74) is 0. The van der Waals surface area contributed by atoms with E-state index in [0.717, 1.165) is 0 Å². The van der Waals surface area contributed by atoms with Gasteiger partial charge in [-0.05, 0) is 20.8 Å². The standard InChI is InChI=1S/C8H15N3O2/c1-4-10-7(12)9-11(5-2,6-3)8(10)13/h4-6H2,1-3H3. The Kier molecular flexibility index (Phi) is 2.56. The molecular weight excluding hydrogens is 170 g/mol. The van der Waals surface area contributed by atoms with Crippen LogP contribution in [0.15, 0.2) is 5.10 Å². The molecule has 5 heteroatoms. The highest BCUT2D eigenvalue weighted by atomic mass is 16.3. The first kappa shape index (κ1) is 9.98. The zero-order valence-electron chi connectivity index (χ0n) is 8.28. The molecule has 0 aromatic rings. The van der Waals surface area contributed by atoms with Gasteiger partial charge in [0.05, 0.1) is 0 Å². The molecular formula is C8H15N3O2. The molecule has 0 bridgehead atoms. The van der Waals surface area contributed by atoms with Crippen molar-refractivity contribution in [1.29, 1.82) is 0 Å². The molecule has 0 saturated heterocycles. The number of amides is 2. The molecule has 13 heavy (non-hydrogen) atoms. The van der Waals surface area contributed by atoms with Crippen molar-refractivity contribution in [2.24, 2.45) is 5.10 Å². The highest BCUT2D eigenvalue weighted by molar-refractivity contribution is 5.91. The predicted octanol–water partition coefficient (Wildman–Crippen LogP) is -0.0702. The van der Waals surface area contributed by atoms with Gasteiger partial charge in [0.1, 0.15) is 19.1 Å². The summed E-state index contributed by atoms with van der Waals surface area (Å²) in [5, 5.41) is 15.1. The molecule has 0 radical (unpaired) electrons. The molecule has 2 amide bonds. The lowest BCUT2D eigenvalue weighted by Crippen LogP contribution is -2.50. The van der Waals surface area contributed by atoms with Crippen LogP contribution in [0.3, 0.4) is 0 Å². The van der Waals surface area contributed by atoms with Gasteiger partial charge in [-0.3, -0.25) is 4.90 Å². The van der Waals surface area contributed by atoms with Crippen molar-refractivity contribution in [1.82, 2.24) is 4.90 Å². The molecule has 0 fully saturated rings. The summed E-state index contributed by atoms with van der Waals surface area (Å²) in [4.78, 5) is 12.9. The second kappa shape index (κ2) is 3.33. The van der Waals surface area contributed by atoms with Gasteiger partial charge in [0.15, 0.2) is 0 Å². The number of nitrogens with zero attached hydrogens (tertiary/aromatic N) is 3. The second-order valence-corrected chi connectivity index (χ2v) is 2.96. The van der Waals surface area contributed by atoms with Gasteiger partial charge in [0, 0.05) is 6.54 Å². The number of quaternary nitrogens is 1. The summed E-state index contributed by atoms with van der Waals surface area (Å²) in [6.45, 7) is 6.97. The van der Waals surface area contributed by atoms with Crippen LogP contribution in [0.5, 0.6) is 0 Å². The number of urea groups is 1. The zero-order chi connectivity index (χ0) is 10.1. The number of rotatable bonds is 3. The first-order valence-corrected chi connectivity index (χ1v) is 4.57. The maximum absolute atomic E-state index is 11.7. The Morgan fingerprint density at radius 2 is 1.92 bits per heavy atom. The van der Waals surface area contributed by atoms with Crippen molar-refractivity contribution < 1.29 is 14.5 Å². The van der Waals surface area contributed by atoms with Crippen molar-refractivity contribution in [3.8, 4) is 0 Å². The molecule has 0 aromatic carbocycles. The number of amidine groups is 1. The van der Waals surface area contributed by atoms with Gasteiger partial charge < -0.3 is 5.11 Å². The molecule has 0 unspecified atom stereocenters. The summed E-state index contributed by atoms with van der Waals surface area (Å²) < 4.78 is -0.0767. The molecule has 1 aliphatic rings. The first-order valence-electron chi connectivity index (χ1n) is 4.57. The van der Waals surface area contributed by atoms with E-state index in [4.69, 9.17) is 0 Å². The number of hydrogen-bond donors (Lipinski definition) is 0. The van der Waals surface area contributed by atoms with Crippen LogP contribution in [0, 0.1) is 0 Å². The van der Waals surface area contributed by atoms with E-state index in [2.05, 4.69) is 5.10 Å². The fourth-order valence-corrected chi connectivity index (χ4v) is 1.47. The predicted molar refractivity (Wildman–Crippen MR) is 46.6 cm³/mol. The molecule has 0 N–H and O–H groups in total. The van der Waals surface area contributed by atoms with E-state index in [9.17, 15) is 9.90 Å². The van der Waals surface area contributed by atoms with Crippen LogP contribution in [0.1, 0.15) is 20.8 Å². The average Bonchev–Trinajstić information content (AvgIpc) is 2.38. The monoisotopic (exact) mass is 185 g/mol. The SMILES string of the molecule is CCN1C(=O)[N+](CC)(CC)N=C1[O-]. The third-order valence-electron chi connectivity index (χ3n) is 2.46. The Hall–Kier alpha value is -1.10. The quantitative estimate of drug-likeness (QED) is 0.578. The van der Waals surface area contributed by atoms with Crippen LogP contribution in [-0.4, -0.2) is 41.2 Å². The molecule has 74 valence electrons. The van der Waals surface area contributed by atoms with Crippen LogP contribution in [0.25, 0.3) is 0 Å². The molecule has 0 atom stereocenters. The molecule has 5 nitrogen and oxygen atoms in total. The minimum absolute atomic E-state index is 0.0767. The van der Waals surface area contributed by atoms with Gasteiger partial charge in [-0.1, -0.05) is 5.10 Å². The van der Waals surface area contributed by atoms with Gasteiger partial charge in [0.25, 0.3) is 0 Å². The van der Waals surface area contributed by atoms with Gasteiger partial charge in [-0.15, -0.1) is 4.59 Å². The summed E-state index contributed by atoms with van der Waals surface area (Å²) in [6, 6.07) is -0.603. The third kappa shape index (κ3) is 1.29. The summed E-state index contributed by atoms with van der Waals surface area (Å²) in [5.74, 6) is 0. The lowest BCUT2D eigenvalue weighted by molar-refractivity contribution is -0.851. The maximum Gasteiger partial charge on any atom is 0.450 e. The van der Waals surface area contributed by atoms with Crippen molar-refractivity contribution in [2.45, 2.75) is 20.8 Å². The topological polar surface area (TPSA) is 55.7 Å². The molecule has 0 aliphatic carbocycles. The average molecular weight is 185 g/mol. The van der Waals surface area contributed by atoms with Gasteiger partial charge in [-0.25, -0.2) is 4.79 Å². The lowest BCUT2D eigenvalue weighted by atomic mass is 10.5. The number of carbonyl (C=O) groups is 1. The van der Waals surface area contributed by atoms with E-state index in [1.165, 1.54) is 4.90 Å². The van der Waals surface area contributed by atoms with Gasteiger partial charge in [-0.2, -0.15) is 0 Å². The van der Waals surface area contributed by atoms with Crippen LogP contribution >= 0.6 is 0 Å². The minimum atomic E-state index is -0.406. The highest BCUT2D eigenvalue weighted by Crippen LogP contribution is 2.18. The Labute approximate surface area is 77.8 Å². The number of hydrogen-bond acceptors (Lipinski definition) is 3. The van der Waals surface area contributed by atoms with Crippen LogP contribution < -0.4 is 5.11 Å². The molecule has 0 aromatic heterocycles. The fraction of sp³-hybridized carbons (Fsp3) is 0.750. The van der Waals surface area contributed by atoms with Gasteiger partial charge in [0.2, 0.25) is 0 Å². The van der Waals surface area contributed by atoms with Crippen molar-refractivity contribution in [3.05, 3.63) is 0 Å². The van der Waals surface area contributed by atoms with E-state index >= 15 is 0 Å². The normalized spacial score (nSPS) is 20.7. The summed E-state index contributed by atoms with van der Waals surface area (Å²) in [7, 11) is 0. The number of carbonyl (C=O) groups excluding carboxylic acids is 1. The Balaban J connectivity index is 2.99. The minimum Gasteiger partial charge on any atom is -0.842 e. The van der Waals surface area contributed by atoms with E-state index in [0.29, 0.717) is 19.6 Å².